The molecule has 0 saturated carbocycles. The van der Waals surface area contributed by atoms with Crippen molar-refractivity contribution in [2.24, 2.45) is 0 Å². The van der Waals surface area contributed by atoms with Crippen LogP contribution in [0.4, 0.5) is 0 Å². The van der Waals surface area contributed by atoms with Crippen molar-refractivity contribution in [1.82, 2.24) is 19.8 Å². The minimum atomic E-state index is -0.133. The van der Waals surface area contributed by atoms with E-state index < -0.39 is 0 Å². The van der Waals surface area contributed by atoms with E-state index in [1.807, 2.05) is 6.07 Å². The van der Waals surface area contributed by atoms with Crippen molar-refractivity contribution < 1.29 is 9.53 Å². The van der Waals surface area contributed by atoms with Gasteiger partial charge < -0.3 is 9.64 Å². The number of carbonyl (C=O) groups is 1. The second-order valence-electron chi connectivity index (χ2n) is 7.53. The number of hydrogen-bond donors (Lipinski definition) is 0. The van der Waals surface area contributed by atoms with Crippen LogP contribution in [0, 0.1) is 0 Å². The molecule has 4 rings (SSSR count). The molecule has 0 aliphatic carbocycles. The molecular formula is C23H24Cl2N4O2. The third-order valence-electron chi connectivity index (χ3n) is 5.41. The highest BCUT2D eigenvalue weighted by Crippen LogP contribution is 2.29. The van der Waals surface area contributed by atoms with E-state index in [1.54, 1.807) is 41.8 Å². The minimum Gasteiger partial charge on any atom is -0.462 e. The summed E-state index contributed by atoms with van der Waals surface area (Å²) in [5.74, 6) is 1.36. The normalized spacial score (nSPS) is 16.8. The zero-order chi connectivity index (χ0) is 21.6. The van der Waals surface area contributed by atoms with Crippen LogP contribution in [0.5, 0.6) is 5.75 Å². The number of alkyl halides is 1. The Balaban J connectivity index is 1.33. The maximum absolute atomic E-state index is 13.1. The molecule has 1 aromatic heterocycles. The first-order chi connectivity index (χ1) is 15.2. The lowest BCUT2D eigenvalue weighted by molar-refractivity contribution is 0.0805. The maximum Gasteiger partial charge on any atom is 0.261 e. The number of ether oxygens (including phenoxy) is 1. The number of amides is 1. The molecule has 8 heteroatoms. The topological polar surface area (TPSA) is 58.6 Å². The third-order valence-corrected chi connectivity index (χ3v) is 5.92. The van der Waals surface area contributed by atoms with Gasteiger partial charge in [-0.3, -0.25) is 9.69 Å². The largest absolute Gasteiger partial charge is 0.462 e. The minimum absolute atomic E-state index is 0.133. The first kappa shape index (κ1) is 21.8. The summed E-state index contributed by atoms with van der Waals surface area (Å²) in [6.07, 6.45) is 10.1. The summed E-state index contributed by atoms with van der Waals surface area (Å²) < 4.78 is 5.67. The van der Waals surface area contributed by atoms with Gasteiger partial charge in [0.2, 0.25) is 0 Å². The van der Waals surface area contributed by atoms with Crippen LogP contribution in [0.1, 0.15) is 35.4 Å². The smallest absolute Gasteiger partial charge is 0.261 e. The fourth-order valence-electron chi connectivity index (χ4n) is 3.82. The molecule has 1 aromatic carbocycles. The standard InChI is InChI=1S/C23H24Cl2N4O2/c24-14-19-16-31-21-7-6-18(25)13-20(21)23(30)29(19)12-2-1-10-28-11-3-5-17(15-28)22-26-8-4-9-27-22/h4-9,13,16H,1-3,10-12,14-15H2. The first-order valence-corrected chi connectivity index (χ1v) is 11.3. The summed E-state index contributed by atoms with van der Waals surface area (Å²) >= 11 is 12.2. The van der Waals surface area contributed by atoms with Crippen LogP contribution in [0.15, 0.2) is 54.7 Å². The van der Waals surface area contributed by atoms with Crippen LogP contribution in [-0.2, 0) is 0 Å². The molecule has 2 aliphatic rings. The van der Waals surface area contributed by atoms with Crippen molar-refractivity contribution in [3.05, 3.63) is 71.1 Å². The number of aromatic nitrogens is 2. The molecule has 3 heterocycles. The molecule has 0 N–H and O–H groups in total. The van der Waals surface area contributed by atoms with Gasteiger partial charge in [0.05, 0.1) is 17.1 Å². The Kier molecular flexibility index (Phi) is 7.22. The molecule has 0 atom stereocenters. The first-order valence-electron chi connectivity index (χ1n) is 10.4. The van der Waals surface area contributed by atoms with Crippen LogP contribution >= 0.6 is 23.2 Å². The number of unbranched alkanes of at least 4 members (excludes halogenated alkanes) is 1. The Bertz CT molecular complexity index is 994. The monoisotopic (exact) mass is 458 g/mol. The highest BCUT2D eigenvalue weighted by atomic mass is 35.5. The average molecular weight is 459 g/mol. The molecule has 0 spiro atoms. The van der Waals surface area contributed by atoms with Gasteiger partial charge in [0.25, 0.3) is 5.91 Å². The number of allylic oxidation sites excluding steroid dienone is 1. The molecular weight excluding hydrogens is 435 g/mol. The number of benzene rings is 1. The van der Waals surface area contributed by atoms with Gasteiger partial charge >= 0.3 is 0 Å². The molecule has 162 valence electrons. The molecule has 0 saturated heterocycles. The Morgan fingerprint density at radius 1 is 1.13 bits per heavy atom. The SMILES string of the molecule is O=C1c2cc(Cl)ccc2OC=C(CCl)N1CCCCN1CCC=C(c2ncccn2)C1. The summed E-state index contributed by atoms with van der Waals surface area (Å²) in [7, 11) is 0. The van der Waals surface area contributed by atoms with Gasteiger partial charge in [-0.15, -0.1) is 11.6 Å². The van der Waals surface area contributed by atoms with Crippen molar-refractivity contribution in [3.63, 3.8) is 0 Å². The third kappa shape index (κ3) is 5.26. The van der Waals surface area contributed by atoms with E-state index in [0.29, 0.717) is 28.6 Å². The van der Waals surface area contributed by atoms with E-state index in [4.69, 9.17) is 27.9 Å². The lowest BCUT2D eigenvalue weighted by atomic mass is 10.1. The van der Waals surface area contributed by atoms with Gasteiger partial charge in [-0.1, -0.05) is 17.7 Å². The maximum atomic E-state index is 13.1. The number of rotatable bonds is 7. The highest BCUT2D eigenvalue weighted by molar-refractivity contribution is 6.31. The Labute approximate surface area is 192 Å². The summed E-state index contributed by atoms with van der Waals surface area (Å²) in [6.45, 7) is 3.39. The number of carbonyl (C=O) groups excluding carboxylic acids is 1. The second-order valence-corrected chi connectivity index (χ2v) is 8.24. The fourth-order valence-corrected chi connectivity index (χ4v) is 4.20. The van der Waals surface area contributed by atoms with Crippen molar-refractivity contribution in [3.8, 4) is 5.75 Å². The number of nitrogens with zero attached hydrogens (tertiary/aromatic N) is 4. The van der Waals surface area contributed by atoms with Crippen molar-refractivity contribution in [1.29, 1.82) is 0 Å². The molecule has 0 fully saturated rings. The van der Waals surface area contributed by atoms with Crippen LogP contribution in [0.3, 0.4) is 0 Å². The van der Waals surface area contributed by atoms with Crippen LogP contribution in [-0.4, -0.2) is 57.7 Å². The molecule has 31 heavy (non-hydrogen) atoms. The Hall–Kier alpha value is -2.41. The Morgan fingerprint density at radius 3 is 2.74 bits per heavy atom. The van der Waals surface area contributed by atoms with E-state index in [0.717, 1.165) is 44.7 Å². The molecule has 0 bridgehead atoms. The second kappa shape index (κ2) is 10.3. The van der Waals surface area contributed by atoms with Crippen molar-refractivity contribution >= 4 is 34.7 Å². The summed E-state index contributed by atoms with van der Waals surface area (Å²) in [4.78, 5) is 25.9. The van der Waals surface area contributed by atoms with Gasteiger partial charge in [-0.05, 0) is 50.1 Å². The molecule has 1 amide bonds. The van der Waals surface area contributed by atoms with E-state index in [1.165, 1.54) is 5.57 Å². The van der Waals surface area contributed by atoms with Gasteiger partial charge in [0.15, 0.2) is 5.82 Å². The summed E-state index contributed by atoms with van der Waals surface area (Å²) in [6, 6.07) is 6.89. The van der Waals surface area contributed by atoms with Crippen LogP contribution in [0.25, 0.3) is 5.57 Å². The molecule has 0 unspecified atom stereocenters. The van der Waals surface area contributed by atoms with Gasteiger partial charge in [0, 0.05) is 42.6 Å². The fraction of sp³-hybridized carbons (Fsp3) is 0.348. The number of hydrogen-bond acceptors (Lipinski definition) is 5. The quantitative estimate of drug-likeness (QED) is 0.447. The lowest BCUT2D eigenvalue weighted by Crippen LogP contribution is -2.33. The molecule has 2 aromatic rings. The van der Waals surface area contributed by atoms with E-state index in [9.17, 15) is 4.79 Å². The zero-order valence-electron chi connectivity index (χ0n) is 17.1. The molecule has 2 aliphatic heterocycles. The highest BCUT2D eigenvalue weighted by Gasteiger charge is 2.26. The van der Waals surface area contributed by atoms with Gasteiger partial charge in [0.1, 0.15) is 12.0 Å². The predicted octanol–water partition coefficient (Wildman–Crippen LogP) is 4.61. The summed E-state index contributed by atoms with van der Waals surface area (Å²) in [5, 5.41) is 0.501. The van der Waals surface area contributed by atoms with Crippen LogP contribution < -0.4 is 4.74 Å². The summed E-state index contributed by atoms with van der Waals surface area (Å²) in [5.41, 5.74) is 2.29. The zero-order valence-corrected chi connectivity index (χ0v) is 18.6. The number of halogens is 2. The Morgan fingerprint density at radius 2 is 1.94 bits per heavy atom. The van der Waals surface area contributed by atoms with E-state index in [2.05, 4.69) is 20.9 Å². The van der Waals surface area contributed by atoms with Crippen molar-refractivity contribution in [2.45, 2.75) is 19.3 Å². The average Bonchev–Trinajstić information content (AvgIpc) is 2.94. The predicted molar refractivity (Wildman–Crippen MR) is 122 cm³/mol. The van der Waals surface area contributed by atoms with E-state index >= 15 is 0 Å². The lowest BCUT2D eigenvalue weighted by Gasteiger charge is -2.27. The van der Waals surface area contributed by atoms with E-state index in [-0.39, 0.29) is 11.8 Å². The molecule has 0 radical (unpaired) electrons. The van der Waals surface area contributed by atoms with Crippen LogP contribution in [0.2, 0.25) is 5.02 Å². The van der Waals surface area contributed by atoms with Crippen molar-refractivity contribution in [2.75, 3.05) is 32.1 Å². The molecule has 6 nitrogen and oxygen atoms in total. The van der Waals surface area contributed by atoms with Gasteiger partial charge in [-0.2, -0.15) is 0 Å². The van der Waals surface area contributed by atoms with Gasteiger partial charge in [-0.25, -0.2) is 9.97 Å². The number of fused-ring (bicyclic) bond motifs is 1.